The molecule has 0 atom stereocenters. The van der Waals surface area contributed by atoms with E-state index < -0.39 is 0 Å². The summed E-state index contributed by atoms with van der Waals surface area (Å²) >= 11 is 1.28. The van der Waals surface area contributed by atoms with E-state index in [0.717, 1.165) is 16.7 Å². The molecule has 0 spiro atoms. The van der Waals surface area contributed by atoms with Gasteiger partial charge in [-0.3, -0.25) is 18.7 Å². The first kappa shape index (κ1) is 19.2. The highest BCUT2D eigenvalue weighted by atomic mass is 32.2. The van der Waals surface area contributed by atoms with Crippen molar-refractivity contribution in [2.45, 2.75) is 12.1 Å². The summed E-state index contributed by atoms with van der Waals surface area (Å²) in [6.45, 7) is 1.80. The number of nitrogens with one attached hydrogen (secondary N) is 2. The highest BCUT2D eigenvalue weighted by molar-refractivity contribution is 7.99. The fourth-order valence-corrected chi connectivity index (χ4v) is 4.31. The molecular weight excluding hydrogens is 414 g/mol. The van der Waals surface area contributed by atoms with Gasteiger partial charge in [0.2, 0.25) is 11.7 Å². The molecule has 9 nitrogen and oxygen atoms in total. The monoisotopic (exact) mass is 433 g/mol. The van der Waals surface area contributed by atoms with Crippen LogP contribution in [-0.2, 0) is 11.8 Å². The number of hydrogen-bond donors (Lipinski definition) is 2. The largest absolute Gasteiger partial charge is 0.319 e. The number of amides is 1. The van der Waals surface area contributed by atoms with Crippen molar-refractivity contribution in [3.63, 3.8) is 0 Å². The van der Waals surface area contributed by atoms with Gasteiger partial charge in [0, 0.05) is 7.05 Å². The Kier molecular flexibility index (Phi) is 4.63. The van der Waals surface area contributed by atoms with Gasteiger partial charge in [0.1, 0.15) is 5.69 Å². The van der Waals surface area contributed by atoms with E-state index >= 15 is 0 Å². The van der Waals surface area contributed by atoms with Crippen molar-refractivity contribution in [1.29, 1.82) is 0 Å². The van der Waals surface area contributed by atoms with Crippen LogP contribution in [0.2, 0.25) is 0 Å². The average molecular weight is 433 g/mol. The maximum Gasteiger partial charge on any atom is 0.295 e. The zero-order valence-corrected chi connectivity index (χ0v) is 17.7. The van der Waals surface area contributed by atoms with Gasteiger partial charge in [-0.1, -0.05) is 42.1 Å². The molecule has 0 fully saturated rings. The van der Waals surface area contributed by atoms with Crippen LogP contribution < -0.4 is 10.9 Å². The van der Waals surface area contributed by atoms with E-state index in [4.69, 9.17) is 0 Å². The Morgan fingerprint density at radius 3 is 2.68 bits per heavy atom. The molecular formula is C21H19N7O2S. The number of benzene rings is 2. The number of rotatable bonds is 5. The van der Waals surface area contributed by atoms with E-state index in [9.17, 15) is 9.59 Å². The fraction of sp³-hybridized carbons (Fsp3) is 0.143. The smallest absolute Gasteiger partial charge is 0.295 e. The van der Waals surface area contributed by atoms with Crippen LogP contribution in [0.5, 0.6) is 0 Å². The molecule has 2 aromatic carbocycles. The molecule has 3 heterocycles. The van der Waals surface area contributed by atoms with E-state index in [1.54, 1.807) is 18.7 Å². The van der Waals surface area contributed by atoms with Crippen LogP contribution in [0.1, 0.15) is 5.69 Å². The SMILES string of the molecule is Cc1c(NC(=O)CSc2n[nH]c3nc4ccccc4n23)c(=O)n(-c2ccccc2)n1C. The predicted molar refractivity (Wildman–Crippen MR) is 120 cm³/mol. The summed E-state index contributed by atoms with van der Waals surface area (Å²) in [4.78, 5) is 30.1. The third-order valence-electron chi connectivity index (χ3n) is 5.15. The van der Waals surface area contributed by atoms with Crippen LogP contribution in [0.4, 0.5) is 5.69 Å². The molecule has 2 N–H and O–H groups in total. The van der Waals surface area contributed by atoms with E-state index in [2.05, 4.69) is 20.5 Å². The van der Waals surface area contributed by atoms with Gasteiger partial charge in [-0.15, -0.1) is 5.10 Å². The Labute approximate surface area is 180 Å². The summed E-state index contributed by atoms with van der Waals surface area (Å²) < 4.78 is 5.14. The number of fused-ring (bicyclic) bond motifs is 3. The number of nitrogens with zero attached hydrogens (tertiary/aromatic N) is 5. The minimum atomic E-state index is -0.281. The van der Waals surface area contributed by atoms with Crippen LogP contribution in [0, 0.1) is 6.92 Å². The van der Waals surface area contributed by atoms with Crippen molar-refractivity contribution in [1.82, 2.24) is 28.9 Å². The summed E-state index contributed by atoms with van der Waals surface area (Å²) in [6.07, 6.45) is 0. The van der Waals surface area contributed by atoms with Crippen molar-refractivity contribution in [2.75, 3.05) is 11.1 Å². The van der Waals surface area contributed by atoms with Gasteiger partial charge in [0.25, 0.3) is 5.56 Å². The van der Waals surface area contributed by atoms with Crippen molar-refractivity contribution in [2.24, 2.45) is 7.05 Å². The Morgan fingerprint density at radius 1 is 1.13 bits per heavy atom. The predicted octanol–water partition coefficient (Wildman–Crippen LogP) is 2.74. The van der Waals surface area contributed by atoms with Crippen LogP contribution in [0.3, 0.4) is 0 Å². The fourth-order valence-electron chi connectivity index (χ4n) is 3.56. The second-order valence-electron chi connectivity index (χ2n) is 7.04. The number of aromatic nitrogens is 6. The number of imidazole rings is 1. The summed E-state index contributed by atoms with van der Waals surface area (Å²) in [7, 11) is 1.79. The van der Waals surface area contributed by atoms with Gasteiger partial charge in [0.15, 0.2) is 5.16 Å². The van der Waals surface area contributed by atoms with Crippen molar-refractivity contribution in [3.05, 3.63) is 70.6 Å². The highest BCUT2D eigenvalue weighted by Gasteiger charge is 2.19. The second kappa shape index (κ2) is 7.47. The lowest BCUT2D eigenvalue weighted by molar-refractivity contribution is -0.113. The lowest BCUT2D eigenvalue weighted by atomic mass is 10.3. The standard InChI is InChI=1S/C21H19N7O2S/c1-13-18(19(30)28(26(13)2)14-8-4-3-5-9-14)23-17(29)12-31-21-25-24-20-22-15-10-6-7-11-16(15)27(20)21/h3-11H,12H2,1-2H3,(H,22,24)(H,23,29). The van der Waals surface area contributed by atoms with Crippen LogP contribution in [-0.4, -0.2) is 40.6 Å². The van der Waals surface area contributed by atoms with Crippen LogP contribution in [0.15, 0.2) is 64.5 Å². The Balaban J connectivity index is 1.37. The molecule has 1 amide bonds. The molecule has 3 aromatic heterocycles. The molecule has 0 radical (unpaired) electrons. The summed E-state index contributed by atoms with van der Waals surface area (Å²) in [5, 5.41) is 10.6. The zero-order valence-electron chi connectivity index (χ0n) is 16.9. The highest BCUT2D eigenvalue weighted by Crippen LogP contribution is 2.23. The lowest BCUT2D eigenvalue weighted by Crippen LogP contribution is -2.23. The number of hydrogen-bond acceptors (Lipinski definition) is 5. The number of carbonyl (C=O) groups excluding carboxylic acids is 1. The third-order valence-corrected chi connectivity index (χ3v) is 6.09. The average Bonchev–Trinajstić information content (AvgIpc) is 3.41. The van der Waals surface area contributed by atoms with Crippen LogP contribution >= 0.6 is 11.8 Å². The van der Waals surface area contributed by atoms with Crippen molar-refractivity contribution < 1.29 is 4.79 Å². The number of carbonyl (C=O) groups is 1. The molecule has 0 bridgehead atoms. The van der Waals surface area contributed by atoms with Gasteiger partial charge < -0.3 is 5.32 Å². The molecule has 31 heavy (non-hydrogen) atoms. The lowest BCUT2D eigenvalue weighted by Gasteiger charge is -2.07. The first-order valence-electron chi connectivity index (χ1n) is 9.63. The molecule has 5 aromatic rings. The number of H-pyrrole nitrogens is 1. The Morgan fingerprint density at radius 2 is 1.87 bits per heavy atom. The van der Waals surface area contributed by atoms with Gasteiger partial charge in [-0.05, 0) is 31.2 Å². The molecule has 5 rings (SSSR count). The minimum Gasteiger partial charge on any atom is -0.319 e. The van der Waals surface area contributed by atoms with Crippen molar-refractivity contribution >= 4 is 40.2 Å². The van der Waals surface area contributed by atoms with Gasteiger partial charge in [-0.25, -0.2) is 14.8 Å². The molecule has 0 aliphatic rings. The number of para-hydroxylation sites is 3. The maximum atomic E-state index is 13.0. The van der Waals surface area contributed by atoms with Gasteiger partial charge in [-0.2, -0.15) is 0 Å². The summed E-state index contributed by atoms with van der Waals surface area (Å²) in [5.74, 6) is 0.441. The van der Waals surface area contributed by atoms with Gasteiger partial charge in [0.05, 0.1) is 28.2 Å². The molecule has 156 valence electrons. The topological polar surface area (TPSA) is 102 Å². The maximum absolute atomic E-state index is 13.0. The molecule has 0 aliphatic carbocycles. The third kappa shape index (κ3) is 3.21. The molecule has 0 aliphatic heterocycles. The molecule has 0 unspecified atom stereocenters. The quantitative estimate of drug-likeness (QED) is 0.415. The Hall–Kier alpha value is -3.79. The molecule has 0 saturated carbocycles. The van der Waals surface area contributed by atoms with E-state index in [-0.39, 0.29) is 22.9 Å². The number of thioether (sulfide) groups is 1. The van der Waals surface area contributed by atoms with Crippen molar-refractivity contribution in [3.8, 4) is 5.69 Å². The van der Waals surface area contributed by atoms with E-state index in [1.807, 2.05) is 59.0 Å². The van der Waals surface area contributed by atoms with Gasteiger partial charge >= 0.3 is 0 Å². The normalized spacial score (nSPS) is 11.4. The van der Waals surface area contributed by atoms with E-state index in [0.29, 0.717) is 16.6 Å². The summed E-state index contributed by atoms with van der Waals surface area (Å²) in [6, 6.07) is 17.0. The minimum absolute atomic E-state index is 0.103. The molecule has 0 saturated heterocycles. The zero-order chi connectivity index (χ0) is 21.5. The van der Waals surface area contributed by atoms with Crippen LogP contribution in [0.25, 0.3) is 22.5 Å². The first-order chi connectivity index (χ1) is 15.0. The number of anilines is 1. The first-order valence-corrected chi connectivity index (χ1v) is 10.6. The van der Waals surface area contributed by atoms with E-state index in [1.165, 1.54) is 16.4 Å². The second-order valence-corrected chi connectivity index (χ2v) is 7.98. The Bertz CT molecular complexity index is 1480. The number of aromatic amines is 1. The summed E-state index contributed by atoms with van der Waals surface area (Å²) in [5.41, 5.74) is 3.18. The molecule has 10 heteroatoms.